The molecule has 0 spiro atoms. The number of carbonyl (C=O) groups is 3. The number of halogens is 1. The fraction of sp³-hybridized carbons (Fsp3) is 0.300. The van der Waals surface area contributed by atoms with Crippen LogP contribution in [0.4, 0.5) is 4.39 Å². The van der Waals surface area contributed by atoms with Gasteiger partial charge in [0.05, 0.1) is 30.6 Å². The van der Waals surface area contributed by atoms with Gasteiger partial charge in [-0.2, -0.15) is 4.39 Å². The third-order valence-corrected chi connectivity index (χ3v) is 8.56. The van der Waals surface area contributed by atoms with Gasteiger partial charge in [0.1, 0.15) is 5.57 Å². The van der Waals surface area contributed by atoms with E-state index in [9.17, 15) is 22.8 Å². The number of aryl methyl sites for hydroxylation is 1. The van der Waals surface area contributed by atoms with Crippen LogP contribution in [-0.2, 0) is 38.6 Å². The molecule has 41 heavy (non-hydrogen) atoms. The SMILES string of the molecule is CCOC(=O)C1=C(F)N(S(=O)(=O)c2ccc(C)cc2)C(C(=O)OCC)(C(=O)OCC)C1c1ccc2ccccc2c1. The number of nitrogens with zero attached hydrogens (tertiary/aromatic N) is 1. The summed E-state index contributed by atoms with van der Waals surface area (Å²) < 4.78 is 60.8. The Morgan fingerprint density at radius 3 is 1.95 bits per heavy atom. The number of carbonyl (C=O) groups excluding carboxylic acids is 3. The zero-order valence-corrected chi connectivity index (χ0v) is 23.9. The van der Waals surface area contributed by atoms with Gasteiger partial charge < -0.3 is 14.2 Å². The van der Waals surface area contributed by atoms with E-state index in [4.69, 9.17) is 14.2 Å². The lowest BCUT2D eigenvalue weighted by atomic mass is 9.76. The molecule has 0 bridgehead atoms. The first kappa shape index (κ1) is 29.7. The van der Waals surface area contributed by atoms with Crippen LogP contribution in [0.25, 0.3) is 10.8 Å². The topological polar surface area (TPSA) is 116 Å². The molecule has 0 radical (unpaired) electrons. The summed E-state index contributed by atoms with van der Waals surface area (Å²) in [7, 11) is -5.01. The molecule has 216 valence electrons. The third-order valence-electron chi connectivity index (χ3n) is 6.76. The molecule has 1 aliphatic rings. The highest BCUT2D eigenvalue weighted by atomic mass is 32.2. The average Bonchev–Trinajstić information content (AvgIpc) is 3.24. The Morgan fingerprint density at radius 2 is 1.39 bits per heavy atom. The molecule has 1 atom stereocenters. The summed E-state index contributed by atoms with van der Waals surface area (Å²) in [5.41, 5.74) is -3.02. The van der Waals surface area contributed by atoms with Crippen LogP contribution in [0.3, 0.4) is 0 Å². The van der Waals surface area contributed by atoms with E-state index >= 15 is 4.39 Å². The van der Waals surface area contributed by atoms with Crippen LogP contribution in [0.5, 0.6) is 0 Å². The molecule has 0 aromatic heterocycles. The molecule has 0 saturated carbocycles. The summed E-state index contributed by atoms with van der Waals surface area (Å²) in [6.45, 7) is 5.37. The molecule has 1 aliphatic heterocycles. The Labute approximate surface area is 237 Å². The van der Waals surface area contributed by atoms with Crippen LogP contribution >= 0.6 is 0 Å². The smallest absolute Gasteiger partial charge is 0.345 e. The Bertz CT molecular complexity index is 1610. The van der Waals surface area contributed by atoms with Gasteiger partial charge in [0, 0.05) is 0 Å². The van der Waals surface area contributed by atoms with Crippen LogP contribution in [0.15, 0.2) is 83.1 Å². The lowest BCUT2D eigenvalue weighted by Crippen LogP contribution is -2.63. The number of sulfonamides is 1. The summed E-state index contributed by atoms with van der Waals surface area (Å²) in [4.78, 5) is 40.9. The molecule has 11 heteroatoms. The van der Waals surface area contributed by atoms with E-state index in [1.807, 2.05) is 6.07 Å². The highest BCUT2D eigenvalue weighted by molar-refractivity contribution is 7.89. The molecular weight excluding hydrogens is 553 g/mol. The first-order valence-electron chi connectivity index (χ1n) is 13.1. The van der Waals surface area contributed by atoms with Crippen molar-refractivity contribution in [2.24, 2.45) is 0 Å². The molecule has 0 amide bonds. The van der Waals surface area contributed by atoms with Crippen molar-refractivity contribution >= 4 is 38.7 Å². The minimum absolute atomic E-state index is 0.0345. The minimum Gasteiger partial charge on any atom is -0.464 e. The second kappa shape index (κ2) is 11.7. The molecule has 0 saturated heterocycles. The zero-order valence-electron chi connectivity index (χ0n) is 23.0. The summed E-state index contributed by atoms with van der Waals surface area (Å²) >= 11 is 0. The van der Waals surface area contributed by atoms with E-state index in [2.05, 4.69) is 0 Å². The van der Waals surface area contributed by atoms with E-state index in [-0.39, 0.29) is 29.7 Å². The van der Waals surface area contributed by atoms with Crippen molar-refractivity contribution in [1.82, 2.24) is 4.31 Å². The molecule has 3 aromatic rings. The van der Waals surface area contributed by atoms with Crippen molar-refractivity contribution in [3.8, 4) is 0 Å². The lowest BCUT2D eigenvalue weighted by Gasteiger charge is -2.38. The van der Waals surface area contributed by atoms with Gasteiger partial charge in [-0.25, -0.2) is 27.1 Å². The second-order valence-corrected chi connectivity index (χ2v) is 11.0. The number of esters is 3. The molecule has 9 nitrogen and oxygen atoms in total. The summed E-state index contributed by atoms with van der Waals surface area (Å²) in [6, 6.07) is 17.2. The van der Waals surface area contributed by atoms with Crippen LogP contribution < -0.4 is 0 Å². The number of rotatable bonds is 9. The highest BCUT2D eigenvalue weighted by Crippen LogP contribution is 2.53. The molecule has 0 N–H and O–H groups in total. The normalized spacial score (nSPS) is 16.5. The number of benzene rings is 3. The first-order chi connectivity index (χ1) is 19.5. The maximum Gasteiger partial charge on any atom is 0.345 e. The third kappa shape index (κ3) is 4.94. The number of hydrogen-bond acceptors (Lipinski definition) is 8. The van der Waals surface area contributed by atoms with Crippen molar-refractivity contribution in [3.05, 3.63) is 89.4 Å². The fourth-order valence-corrected chi connectivity index (χ4v) is 6.63. The molecule has 1 heterocycles. The summed E-state index contributed by atoms with van der Waals surface area (Å²) in [5, 5.41) is 1.41. The minimum atomic E-state index is -5.01. The van der Waals surface area contributed by atoms with Crippen LogP contribution in [-0.4, -0.2) is 56.0 Å². The Balaban J connectivity index is 2.15. The highest BCUT2D eigenvalue weighted by Gasteiger charge is 2.71. The molecule has 0 aliphatic carbocycles. The van der Waals surface area contributed by atoms with Crippen molar-refractivity contribution in [3.63, 3.8) is 0 Å². The Morgan fingerprint density at radius 1 is 0.829 bits per heavy atom. The average molecular weight is 584 g/mol. The van der Waals surface area contributed by atoms with E-state index in [0.717, 1.165) is 5.39 Å². The van der Waals surface area contributed by atoms with Gasteiger partial charge in [0.25, 0.3) is 15.6 Å². The van der Waals surface area contributed by atoms with Gasteiger partial charge in [0.15, 0.2) is 0 Å². The van der Waals surface area contributed by atoms with E-state index < -0.39 is 55.8 Å². The van der Waals surface area contributed by atoms with Crippen molar-refractivity contribution in [2.45, 2.75) is 44.0 Å². The maximum atomic E-state index is 16.7. The Hall–Kier alpha value is -4.25. The van der Waals surface area contributed by atoms with E-state index in [1.54, 1.807) is 37.3 Å². The van der Waals surface area contributed by atoms with Gasteiger partial charge in [0.2, 0.25) is 5.95 Å². The zero-order chi connectivity index (χ0) is 29.9. The molecule has 3 aromatic carbocycles. The lowest BCUT2D eigenvalue weighted by molar-refractivity contribution is -0.170. The maximum absolute atomic E-state index is 16.7. The molecule has 0 fully saturated rings. The van der Waals surface area contributed by atoms with Gasteiger partial charge in [-0.1, -0.05) is 60.2 Å². The summed E-state index contributed by atoms with van der Waals surface area (Å²) in [5.74, 6) is -7.49. The first-order valence-corrected chi connectivity index (χ1v) is 14.5. The number of fused-ring (bicyclic) bond motifs is 1. The van der Waals surface area contributed by atoms with Gasteiger partial charge >= 0.3 is 17.9 Å². The van der Waals surface area contributed by atoms with Gasteiger partial charge in [-0.05, 0) is 56.2 Å². The van der Waals surface area contributed by atoms with Gasteiger partial charge in [-0.3, -0.25) is 0 Å². The summed E-state index contributed by atoms with van der Waals surface area (Å²) in [6.07, 6.45) is 0. The van der Waals surface area contributed by atoms with E-state index in [1.165, 1.54) is 51.1 Å². The number of ether oxygens (including phenoxy) is 3. The van der Waals surface area contributed by atoms with E-state index in [0.29, 0.717) is 10.9 Å². The molecule has 1 unspecified atom stereocenters. The van der Waals surface area contributed by atoms with Crippen molar-refractivity contribution in [2.75, 3.05) is 19.8 Å². The Kier molecular flexibility index (Phi) is 8.48. The van der Waals surface area contributed by atoms with Crippen molar-refractivity contribution in [1.29, 1.82) is 0 Å². The molecular formula is C30H30FNO8S. The van der Waals surface area contributed by atoms with Crippen LogP contribution in [0.1, 0.15) is 37.8 Å². The second-order valence-electron chi connectivity index (χ2n) is 9.25. The largest absolute Gasteiger partial charge is 0.464 e. The monoisotopic (exact) mass is 583 g/mol. The number of hydrogen-bond donors (Lipinski definition) is 0. The standard InChI is InChI=1S/C30H30FNO8S/c1-5-38-27(33)24-25(22-15-14-20-10-8-9-11-21(20)18-22)30(28(34)39-6-2,29(35)40-7-3)32(26(24)31)41(36,37)23-16-12-19(4)13-17-23/h8-18,25H,5-7H2,1-4H3. The van der Waals surface area contributed by atoms with Crippen LogP contribution in [0, 0.1) is 6.92 Å². The van der Waals surface area contributed by atoms with Crippen LogP contribution in [0.2, 0.25) is 0 Å². The quantitative estimate of drug-likeness (QED) is 0.156. The predicted octanol–water partition coefficient (Wildman–Crippen LogP) is 4.55. The van der Waals surface area contributed by atoms with Crippen molar-refractivity contribution < 1.29 is 41.4 Å². The molecule has 4 rings (SSSR count). The predicted molar refractivity (Wildman–Crippen MR) is 148 cm³/mol. The van der Waals surface area contributed by atoms with Gasteiger partial charge in [-0.15, -0.1) is 0 Å². The fourth-order valence-electron chi connectivity index (χ4n) is 4.99.